The van der Waals surface area contributed by atoms with Crippen molar-refractivity contribution in [3.05, 3.63) is 79.0 Å². The van der Waals surface area contributed by atoms with Crippen molar-refractivity contribution in [2.75, 3.05) is 20.3 Å². The van der Waals surface area contributed by atoms with E-state index in [0.717, 1.165) is 22.4 Å². The van der Waals surface area contributed by atoms with Crippen LogP contribution in [0.4, 0.5) is 0 Å². The molecular weight excluding hydrogens is 650 g/mol. The fraction of sp³-hybridized carbons (Fsp3) is 0.333. The summed E-state index contributed by atoms with van der Waals surface area (Å²) < 4.78 is 24.0. The predicted molar refractivity (Wildman–Crippen MR) is 177 cm³/mol. The number of hydrogen-bond donors (Lipinski definition) is 0. The van der Waals surface area contributed by atoms with E-state index < -0.39 is 5.97 Å². The number of rotatable bonds is 11. The van der Waals surface area contributed by atoms with Crippen LogP contribution in [-0.4, -0.2) is 48.3 Å². The van der Waals surface area contributed by atoms with Gasteiger partial charge in [0.05, 0.1) is 36.9 Å². The zero-order chi connectivity index (χ0) is 32.1. The lowest BCUT2D eigenvalue weighted by atomic mass is 9.96. The van der Waals surface area contributed by atoms with E-state index >= 15 is 0 Å². The van der Waals surface area contributed by atoms with Crippen LogP contribution in [0.15, 0.2) is 56.8 Å². The van der Waals surface area contributed by atoms with Gasteiger partial charge in [-0.25, -0.2) is 9.78 Å². The van der Waals surface area contributed by atoms with Crippen LogP contribution < -0.4 is 19.8 Å². The molecule has 0 unspecified atom stereocenters. The van der Waals surface area contributed by atoms with E-state index in [4.69, 9.17) is 35.5 Å². The van der Waals surface area contributed by atoms with E-state index in [1.165, 1.54) is 10.9 Å². The van der Waals surface area contributed by atoms with Gasteiger partial charge in [-0.2, -0.15) is 9.78 Å². The Labute approximate surface area is 269 Å². The van der Waals surface area contributed by atoms with Crippen molar-refractivity contribution in [3.63, 3.8) is 0 Å². The van der Waals surface area contributed by atoms with E-state index in [1.54, 1.807) is 45.2 Å². The molecule has 3 aromatic carbocycles. The zero-order valence-electron chi connectivity index (χ0n) is 25.7. The van der Waals surface area contributed by atoms with Crippen molar-refractivity contribution in [1.82, 2.24) is 9.66 Å². The normalized spacial score (nSPS) is 11.5. The van der Waals surface area contributed by atoms with Crippen molar-refractivity contribution in [1.29, 1.82) is 0 Å². The van der Waals surface area contributed by atoms with Gasteiger partial charge in [0.25, 0.3) is 5.56 Å². The lowest BCUT2D eigenvalue weighted by molar-refractivity contribution is -0.149. The molecule has 0 saturated heterocycles. The number of esters is 1. The molecule has 1 heterocycles. The maximum Gasteiger partial charge on any atom is 0.344 e. The highest BCUT2D eigenvalue weighted by Crippen LogP contribution is 2.42. The molecule has 0 radical (unpaired) electrons. The van der Waals surface area contributed by atoms with Crippen molar-refractivity contribution in [2.45, 2.75) is 53.6 Å². The number of carbonyl (C=O) groups is 1. The Kier molecular flexibility index (Phi) is 10.7. The fourth-order valence-electron chi connectivity index (χ4n) is 4.62. The Bertz CT molecular complexity index is 1780. The monoisotopic (exact) mass is 683 g/mol. The number of halogens is 2. The Balaban J connectivity index is 1.87. The first kappa shape index (κ1) is 33.0. The van der Waals surface area contributed by atoms with E-state index in [0.29, 0.717) is 39.1 Å². The average molecular weight is 685 g/mol. The fourth-order valence-corrected chi connectivity index (χ4v) is 5.27. The summed E-state index contributed by atoms with van der Waals surface area (Å²) in [5, 5.41) is 5.22. The third-order valence-electron chi connectivity index (χ3n) is 6.66. The molecule has 11 heteroatoms. The van der Waals surface area contributed by atoms with Crippen LogP contribution >= 0.6 is 27.5 Å². The van der Waals surface area contributed by atoms with Gasteiger partial charge in [0, 0.05) is 15.6 Å². The summed E-state index contributed by atoms with van der Waals surface area (Å²) in [4.78, 5) is 30.8. The molecule has 232 valence electrons. The number of methoxy groups -OCH3 is 1. The molecule has 0 N–H and O–H groups in total. The van der Waals surface area contributed by atoms with Crippen LogP contribution in [0, 0.1) is 6.92 Å². The molecule has 1 aromatic heterocycles. The number of aryl methyl sites for hydroxylation is 1. The Morgan fingerprint density at radius 3 is 2.50 bits per heavy atom. The minimum absolute atomic E-state index is 0.163. The maximum atomic E-state index is 13.9. The second-order valence-electron chi connectivity index (χ2n) is 10.6. The van der Waals surface area contributed by atoms with Crippen molar-refractivity contribution in [3.8, 4) is 28.6 Å². The highest BCUT2D eigenvalue weighted by molar-refractivity contribution is 9.10. The molecule has 0 aliphatic rings. The molecule has 4 rings (SSSR count). The van der Waals surface area contributed by atoms with E-state index in [2.05, 4.69) is 34.9 Å². The van der Waals surface area contributed by atoms with Crippen molar-refractivity contribution in [2.24, 2.45) is 5.10 Å². The Morgan fingerprint density at radius 1 is 1.11 bits per heavy atom. The van der Waals surface area contributed by atoms with Crippen LogP contribution in [0.5, 0.6) is 17.2 Å². The Morgan fingerprint density at radius 2 is 1.84 bits per heavy atom. The van der Waals surface area contributed by atoms with Crippen LogP contribution in [-0.2, 0) is 9.53 Å². The second kappa shape index (κ2) is 14.3. The third kappa shape index (κ3) is 7.08. The summed E-state index contributed by atoms with van der Waals surface area (Å²) in [5.41, 5.74) is 3.33. The summed E-state index contributed by atoms with van der Waals surface area (Å²) in [7, 11) is 1.64. The first-order chi connectivity index (χ1) is 21.0. The minimum atomic E-state index is -0.537. The van der Waals surface area contributed by atoms with Gasteiger partial charge in [-0.1, -0.05) is 37.6 Å². The molecule has 44 heavy (non-hydrogen) atoms. The van der Waals surface area contributed by atoms with Gasteiger partial charge < -0.3 is 18.9 Å². The number of aromatic nitrogens is 2. The number of para-hydroxylation sites is 1. The summed E-state index contributed by atoms with van der Waals surface area (Å²) in [6, 6.07) is 12.8. The number of carbonyl (C=O) groups excluding carboxylic acids is 1. The first-order valence-electron chi connectivity index (χ1n) is 14.2. The smallest absolute Gasteiger partial charge is 0.344 e. The van der Waals surface area contributed by atoms with Crippen LogP contribution in [0.3, 0.4) is 0 Å². The summed E-state index contributed by atoms with van der Waals surface area (Å²) in [6.07, 6.45) is 1.22. The topological polar surface area (TPSA) is 101 Å². The molecular formula is C33H35BrClN3O6. The summed E-state index contributed by atoms with van der Waals surface area (Å²) in [6.45, 7) is 11.4. The highest BCUT2D eigenvalue weighted by atomic mass is 79.9. The van der Waals surface area contributed by atoms with Gasteiger partial charge in [0.15, 0.2) is 23.9 Å². The molecule has 0 aliphatic heterocycles. The SMILES string of the molecule is CCOc1cc(C=Nn2c(-c3cc(C(C)C)c(OC)cc3C)nc3ccccc3c2=O)c(Br)c(Cl)c1OCC(=O)OC(C)C. The quantitative estimate of drug-likeness (QED) is 0.119. The van der Waals surface area contributed by atoms with Gasteiger partial charge in [-0.05, 0) is 91.0 Å². The van der Waals surface area contributed by atoms with Gasteiger partial charge in [0.1, 0.15) is 10.8 Å². The van der Waals surface area contributed by atoms with Gasteiger partial charge in [0.2, 0.25) is 0 Å². The number of benzene rings is 3. The lowest BCUT2D eigenvalue weighted by Crippen LogP contribution is -2.21. The number of hydrogen-bond acceptors (Lipinski definition) is 8. The largest absolute Gasteiger partial charge is 0.496 e. The van der Waals surface area contributed by atoms with E-state index in [-0.39, 0.29) is 35.0 Å². The van der Waals surface area contributed by atoms with Crippen LogP contribution in [0.2, 0.25) is 5.02 Å². The van der Waals surface area contributed by atoms with Crippen LogP contribution in [0.1, 0.15) is 57.2 Å². The van der Waals surface area contributed by atoms with Crippen molar-refractivity contribution < 1.29 is 23.7 Å². The number of fused-ring (bicyclic) bond motifs is 1. The average Bonchev–Trinajstić information content (AvgIpc) is 2.98. The summed E-state index contributed by atoms with van der Waals surface area (Å²) >= 11 is 10.2. The van der Waals surface area contributed by atoms with Gasteiger partial charge in [-0.15, -0.1) is 0 Å². The minimum Gasteiger partial charge on any atom is -0.496 e. The lowest BCUT2D eigenvalue weighted by Gasteiger charge is -2.18. The predicted octanol–water partition coefficient (Wildman–Crippen LogP) is 7.53. The van der Waals surface area contributed by atoms with Gasteiger partial charge >= 0.3 is 5.97 Å². The molecule has 0 saturated carbocycles. The molecule has 0 spiro atoms. The molecule has 4 aromatic rings. The number of ether oxygens (including phenoxy) is 4. The maximum absolute atomic E-state index is 13.9. The standard InChI is InChI=1S/C33H35BrClN3O6/c1-8-42-27-14-21(29(34)30(35)31(27)43-17-28(39)44-19(4)5)16-36-38-32(37-25-12-10-9-11-22(25)33(38)40)24-15-23(18(2)3)26(41-7)13-20(24)6/h9-16,18-19H,8,17H2,1-7H3. The molecule has 0 aliphatic carbocycles. The number of nitrogens with zero attached hydrogens (tertiary/aromatic N) is 3. The molecule has 9 nitrogen and oxygen atoms in total. The first-order valence-corrected chi connectivity index (χ1v) is 15.4. The van der Waals surface area contributed by atoms with E-state index in [1.807, 2.05) is 32.0 Å². The third-order valence-corrected chi connectivity index (χ3v) is 8.11. The second-order valence-corrected chi connectivity index (χ2v) is 11.7. The van der Waals surface area contributed by atoms with Gasteiger partial charge in [-0.3, -0.25) is 4.79 Å². The zero-order valence-corrected chi connectivity index (χ0v) is 28.1. The van der Waals surface area contributed by atoms with Crippen molar-refractivity contribution >= 4 is 50.6 Å². The molecule has 0 amide bonds. The molecule has 0 bridgehead atoms. The Hall–Kier alpha value is -3.89. The molecule has 0 fully saturated rings. The van der Waals surface area contributed by atoms with E-state index in [9.17, 15) is 9.59 Å². The summed E-state index contributed by atoms with van der Waals surface area (Å²) in [5.74, 6) is 1.25. The molecule has 0 atom stereocenters. The van der Waals surface area contributed by atoms with Crippen LogP contribution in [0.25, 0.3) is 22.3 Å². The highest BCUT2D eigenvalue weighted by Gasteiger charge is 2.21.